The van der Waals surface area contributed by atoms with E-state index in [1.165, 1.54) is 17.0 Å². The Hall–Kier alpha value is -2.69. The van der Waals surface area contributed by atoms with Gasteiger partial charge in [0.2, 0.25) is 0 Å². The van der Waals surface area contributed by atoms with Gasteiger partial charge in [-0.15, -0.1) is 0 Å². The third-order valence-corrected chi connectivity index (χ3v) is 3.76. The molecule has 0 aliphatic rings. The Bertz CT molecular complexity index is 731. The number of carbonyl (C=O) groups excluding carboxylic acids is 1. The van der Waals surface area contributed by atoms with Gasteiger partial charge >= 0.3 is 0 Å². The van der Waals surface area contributed by atoms with Gasteiger partial charge in [0.25, 0.3) is 11.6 Å². The van der Waals surface area contributed by atoms with E-state index in [4.69, 9.17) is 0 Å². The number of hydrogen-bond acceptors (Lipinski definition) is 3. The Labute approximate surface area is 135 Å². The van der Waals surface area contributed by atoms with Crippen LogP contribution in [0.1, 0.15) is 36.7 Å². The fraction of sp³-hybridized carbons (Fsp3) is 0.278. The lowest BCUT2D eigenvalue weighted by Gasteiger charge is -2.22. The first-order valence-electron chi connectivity index (χ1n) is 7.34. The summed E-state index contributed by atoms with van der Waals surface area (Å²) in [6.45, 7) is 6.35. The molecule has 2 aromatic rings. The number of benzene rings is 2. The highest BCUT2D eigenvalue weighted by Crippen LogP contribution is 2.26. The van der Waals surface area contributed by atoms with Gasteiger partial charge < -0.3 is 4.90 Å². The smallest absolute Gasteiger partial charge is 0.282 e. The zero-order valence-corrected chi connectivity index (χ0v) is 13.7. The molecule has 1 amide bonds. The van der Waals surface area contributed by atoms with E-state index in [9.17, 15) is 14.9 Å². The zero-order chi connectivity index (χ0) is 17.2. The Kier molecular flexibility index (Phi) is 4.50. The first-order valence-corrected chi connectivity index (χ1v) is 7.34. The number of para-hydroxylation sites is 1. The van der Waals surface area contributed by atoms with Crippen LogP contribution in [0.4, 0.5) is 11.4 Å². The van der Waals surface area contributed by atoms with Gasteiger partial charge in [0.1, 0.15) is 5.56 Å². The van der Waals surface area contributed by atoms with Crippen molar-refractivity contribution in [2.45, 2.75) is 26.2 Å². The van der Waals surface area contributed by atoms with Crippen LogP contribution in [-0.2, 0) is 5.41 Å². The fourth-order valence-corrected chi connectivity index (χ4v) is 2.30. The Morgan fingerprint density at radius 1 is 1.04 bits per heavy atom. The largest absolute Gasteiger partial charge is 0.311 e. The number of nitro groups is 1. The van der Waals surface area contributed by atoms with Gasteiger partial charge in [0, 0.05) is 18.8 Å². The van der Waals surface area contributed by atoms with Crippen LogP contribution in [0.25, 0.3) is 0 Å². The number of hydrogen-bond donors (Lipinski definition) is 0. The third kappa shape index (κ3) is 3.56. The molecule has 2 rings (SSSR count). The van der Waals surface area contributed by atoms with Crippen LogP contribution in [0.15, 0.2) is 48.5 Å². The SMILES string of the molecule is CN(C(=O)c1ccccc1[N+](=O)[O-])c1ccc(C(C)(C)C)cc1. The van der Waals surface area contributed by atoms with Gasteiger partial charge in [-0.05, 0) is 29.2 Å². The van der Waals surface area contributed by atoms with E-state index in [0.717, 1.165) is 5.56 Å². The average Bonchev–Trinajstić information content (AvgIpc) is 2.52. The normalized spacial score (nSPS) is 11.1. The van der Waals surface area contributed by atoms with Crippen LogP contribution in [0, 0.1) is 10.1 Å². The number of nitrogens with zero attached hydrogens (tertiary/aromatic N) is 2. The topological polar surface area (TPSA) is 63.5 Å². The van der Waals surface area contributed by atoms with Gasteiger partial charge in [-0.2, -0.15) is 0 Å². The summed E-state index contributed by atoms with van der Waals surface area (Å²) in [7, 11) is 1.62. The van der Waals surface area contributed by atoms with Crippen LogP contribution < -0.4 is 4.90 Å². The van der Waals surface area contributed by atoms with E-state index < -0.39 is 10.8 Å². The Balaban J connectivity index is 2.32. The van der Waals surface area contributed by atoms with Crippen molar-refractivity contribution >= 4 is 17.3 Å². The number of amides is 1. The molecule has 0 aliphatic carbocycles. The minimum Gasteiger partial charge on any atom is -0.311 e. The maximum atomic E-state index is 12.6. The number of nitro benzene ring substituents is 1. The second-order valence-electron chi connectivity index (χ2n) is 6.44. The molecule has 5 heteroatoms. The molecule has 0 saturated heterocycles. The lowest BCUT2D eigenvalue weighted by molar-refractivity contribution is -0.385. The molecule has 0 unspecified atom stereocenters. The highest BCUT2D eigenvalue weighted by atomic mass is 16.6. The minimum absolute atomic E-state index is 0.0271. The molecule has 120 valence electrons. The summed E-state index contributed by atoms with van der Waals surface area (Å²) in [5.74, 6) is -0.402. The molecule has 0 radical (unpaired) electrons. The summed E-state index contributed by atoms with van der Waals surface area (Å²) >= 11 is 0. The monoisotopic (exact) mass is 312 g/mol. The van der Waals surface area contributed by atoms with Crippen molar-refractivity contribution < 1.29 is 9.72 Å². The first-order chi connectivity index (χ1) is 10.7. The third-order valence-electron chi connectivity index (χ3n) is 3.76. The van der Waals surface area contributed by atoms with Gasteiger partial charge in [0.15, 0.2) is 0 Å². The van der Waals surface area contributed by atoms with Gasteiger partial charge in [-0.25, -0.2) is 0 Å². The standard InChI is InChI=1S/C18H20N2O3/c1-18(2,3)13-9-11-14(12-10-13)19(4)17(21)15-7-5-6-8-16(15)20(22)23/h5-12H,1-4H3. The van der Waals surface area contributed by atoms with Gasteiger partial charge in [-0.3, -0.25) is 14.9 Å². The molecule has 0 spiro atoms. The van der Waals surface area contributed by atoms with Gasteiger partial charge in [-0.1, -0.05) is 45.0 Å². The summed E-state index contributed by atoms with van der Waals surface area (Å²) < 4.78 is 0. The predicted octanol–water partition coefficient (Wildman–Crippen LogP) is 4.17. The lowest BCUT2D eigenvalue weighted by atomic mass is 9.87. The van der Waals surface area contributed by atoms with Crippen molar-refractivity contribution in [1.82, 2.24) is 0 Å². The molecule has 0 N–H and O–H groups in total. The summed E-state index contributed by atoms with van der Waals surface area (Å²) in [6, 6.07) is 13.6. The Morgan fingerprint density at radius 3 is 2.13 bits per heavy atom. The average molecular weight is 312 g/mol. The maximum absolute atomic E-state index is 12.6. The summed E-state index contributed by atoms with van der Waals surface area (Å²) in [5, 5.41) is 11.1. The molecule has 23 heavy (non-hydrogen) atoms. The first kappa shape index (κ1) is 16.7. The van der Waals surface area contributed by atoms with Crippen molar-refractivity contribution in [3.63, 3.8) is 0 Å². The van der Waals surface area contributed by atoms with E-state index in [2.05, 4.69) is 20.8 Å². The van der Waals surface area contributed by atoms with E-state index >= 15 is 0 Å². The summed E-state index contributed by atoms with van der Waals surface area (Å²) in [5.41, 5.74) is 1.78. The molecule has 5 nitrogen and oxygen atoms in total. The van der Waals surface area contributed by atoms with Crippen molar-refractivity contribution in [2.75, 3.05) is 11.9 Å². The quantitative estimate of drug-likeness (QED) is 0.631. The molecule has 0 atom stereocenters. The molecular weight excluding hydrogens is 292 g/mol. The lowest BCUT2D eigenvalue weighted by Crippen LogP contribution is -2.27. The second kappa shape index (κ2) is 6.20. The van der Waals surface area contributed by atoms with Crippen LogP contribution in [-0.4, -0.2) is 17.9 Å². The zero-order valence-electron chi connectivity index (χ0n) is 13.7. The molecule has 0 saturated carbocycles. The summed E-state index contributed by atoms with van der Waals surface area (Å²) in [6.07, 6.45) is 0. The molecule has 2 aromatic carbocycles. The number of carbonyl (C=O) groups is 1. The number of rotatable bonds is 3. The molecular formula is C18H20N2O3. The fourth-order valence-electron chi connectivity index (χ4n) is 2.30. The second-order valence-corrected chi connectivity index (χ2v) is 6.44. The van der Waals surface area contributed by atoms with E-state index in [1.54, 1.807) is 19.2 Å². The van der Waals surface area contributed by atoms with Crippen molar-refractivity contribution in [1.29, 1.82) is 0 Å². The maximum Gasteiger partial charge on any atom is 0.282 e. The summed E-state index contributed by atoms with van der Waals surface area (Å²) in [4.78, 5) is 24.5. The van der Waals surface area contributed by atoms with E-state index in [1.807, 2.05) is 24.3 Å². The van der Waals surface area contributed by atoms with Gasteiger partial charge in [0.05, 0.1) is 4.92 Å². The Morgan fingerprint density at radius 2 is 1.61 bits per heavy atom. The van der Waals surface area contributed by atoms with Crippen LogP contribution in [0.3, 0.4) is 0 Å². The highest BCUT2D eigenvalue weighted by Gasteiger charge is 2.23. The minimum atomic E-state index is -0.538. The van der Waals surface area contributed by atoms with Crippen LogP contribution in [0.2, 0.25) is 0 Å². The van der Waals surface area contributed by atoms with E-state index in [0.29, 0.717) is 5.69 Å². The van der Waals surface area contributed by atoms with Crippen molar-refractivity contribution in [3.05, 3.63) is 69.8 Å². The van der Waals surface area contributed by atoms with Crippen LogP contribution >= 0.6 is 0 Å². The molecule has 0 aromatic heterocycles. The molecule has 0 aliphatic heterocycles. The number of anilines is 1. The van der Waals surface area contributed by atoms with Crippen LogP contribution in [0.5, 0.6) is 0 Å². The van der Waals surface area contributed by atoms with Crippen molar-refractivity contribution in [2.24, 2.45) is 0 Å². The molecule has 0 heterocycles. The highest BCUT2D eigenvalue weighted by molar-refractivity contribution is 6.08. The predicted molar refractivity (Wildman–Crippen MR) is 91.0 cm³/mol. The molecule has 0 fully saturated rings. The van der Waals surface area contributed by atoms with Crippen molar-refractivity contribution in [3.8, 4) is 0 Å². The molecule has 0 bridgehead atoms. The van der Waals surface area contributed by atoms with E-state index in [-0.39, 0.29) is 16.7 Å².